The van der Waals surface area contributed by atoms with Crippen molar-refractivity contribution in [1.29, 1.82) is 0 Å². The minimum atomic E-state index is 0. The van der Waals surface area contributed by atoms with E-state index in [0.29, 0.717) is 29.2 Å². The fourth-order valence-electron chi connectivity index (χ4n) is 3.75. The molecule has 7 heteroatoms. The maximum Gasteiger partial charge on any atom is 0.203 e. The van der Waals surface area contributed by atoms with Gasteiger partial charge in [-0.25, -0.2) is 0 Å². The second-order valence-corrected chi connectivity index (χ2v) is 6.83. The summed E-state index contributed by atoms with van der Waals surface area (Å²) in [5, 5.41) is 6.88. The van der Waals surface area contributed by atoms with Crippen LogP contribution in [-0.2, 0) is 6.54 Å². The second-order valence-electron chi connectivity index (χ2n) is 6.83. The smallest absolute Gasteiger partial charge is 0.203 e. The van der Waals surface area contributed by atoms with Gasteiger partial charge in [-0.15, -0.1) is 24.0 Å². The van der Waals surface area contributed by atoms with E-state index in [1.165, 1.54) is 32.1 Å². The van der Waals surface area contributed by atoms with E-state index in [1.54, 1.807) is 28.4 Å². The molecule has 0 atom stereocenters. The van der Waals surface area contributed by atoms with Crippen LogP contribution < -0.4 is 24.8 Å². The zero-order chi connectivity index (χ0) is 19.0. The van der Waals surface area contributed by atoms with Crippen molar-refractivity contribution in [2.75, 3.05) is 34.9 Å². The van der Waals surface area contributed by atoms with Gasteiger partial charge in [-0.1, -0.05) is 19.8 Å². The van der Waals surface area contributed by atoms with Gasteiger partial charge in [0.25, 0.3) is 0 Å². The predicted molar refractivity (Wildman–Crippen MR) is 121 cm³/mol. The summed E-state index contributed by atoms with van der Waals surface area (Å²) in [5.74, 6) is 2.74. The Morgan fingerprint density at radius 2 is 1.70 bits per heavy atom. The molecule has 1 fully saturated rings. The van der Waals surface area contributed by atoms with E-state index in [9.17, 15) is 0 Å². The molecule has 2 N–H and O–H groups in total. The van der Waals surface area contributed by atoms with Crippen molar-refractivity contribution in [2.45, 2.75) is 45.6 Å². The lowest BCUT2D eigenvalue weighted by Crippen LogP contribution is -2.42. The Balaban J connectivity index is 0.00000364. The SMILES string of the molecule is CCC1(CNC(=NC)NCc2ccc(OC)c(OC)c2OC)CCCC1.I. The summed E-state index contributed by atoms with van der Waals surface area (Å²) in [6.07, 6.45) is 6.49. The molecule has 6 nitrogen and oxygen atoms in total. The Morgan fingerprint density at radius 1 is 1.04 bits per heavy atom. The maximum absolute atomic E-state index is 5.55. The molecule has 1 aromatic carbocycles. The number of methoxy groups -OCH3 is 3. The summed E-state index contributed by atoms with van der Waals surface area (Å²) < 4.78 is 16.3. The quantitative estimate of drug-likeness (QED) is 0.328. The first kappa shape index (κ1) is 23.7. The van der Waals surface area contributed by atoms with Gasteiger partial charge < -0.3 is 24.8 Å². The first-order chi connectivity index (χ1) is 12.6. The summed E-state index contributed by atoms with van der Waals surface area (Å²) >= 11 is 0. The average molecular weight is 491 g/mol. The van der Waals surface area contributed by atoms with Gasteiger partial charge in [0.05, 0.1) is 21.3 Å². The molecule has 1 aliphatic carbocycles. The van der Waals surface area contributed by atoms with Gasteiger partial charge in [0.15, 0.2) is 17.5 Å². The second kappa shape index (κ2) is 11.5. The highest BCUT2D eigenvalue weighted by Gasteiger charge is 2.31. The monoisotopic (exact) mass is 491 g/mol. The standard InChI is InChI=1S/C20H33N3O3.HI/c1-6-20(11-7-8-12-20)14-23-19(21-2)22-13-15-9-10-16(24-3)18(26-5)17(15)25-4;/h9-10H,6-8,11-14H2,1-5H3,(H2,21,22,23);1H. The van der Waals surface area contributed by atoms with Gasteiger partial charge in [0, 0.05) is 25.7 Å². The third-order valence-corrected chi connectivity index (χ3v) is 5.50. The topological polar surface area (TPSA) is 64.1 Å². The van der Waals surface area contributed by atoms with Crippen LogP contribution in [0.5, 0.6) is 17.2 Å². The molecule has 0 amide bonds. The number of halogens is 1. The lowest BCUT2D eigenvalue weighted by atomic mass is 9.83. The number of nitrogens with one attached hydrogen (secondary N) is 2. The zero-order valence-electron chi connectivity index (χ0n) is 17.2. The van der Waals surface area contributed by atoms with Gasteiger partial charge in [-0.3, -0.25) is 4.99 Å². The molecule has 0 bridgehead atoms. The highest BCUT2D eigenvalue weighted by atomic mass is 127. The molecule has 0 aliphatic heterocycles. The van der Waals surface area contributed by atoms with Gasteiger partial charge in [0.1, 0.15) is 0 Å². The molecule has 1 aromatic rings. The number of hydrogen-bond acceptors (Lipinski definition) is 4. The molecule has 0 heterocycles. The fraction of sp³-hybridized carbons (Fsp3) is 0.650. The van der Waals surface area contributed by atoms with Gasteiger partial charge in [-0.2, -0.15) is 0 Å². The Hall–Kier alpha value is -1.38. The molecular weight excluding hydrogens is 457 g/mol. The molecule has 0 unspecified atom stereocenters. The van der Waals surface area contributed by atoms with Crippen LogP contribution in [0, 0.1) is 5.41 Å². The van der Waals surface area contributed by atoms with Crippen molar-refractivity contribution >= 4 is 29.9 Å². The van der Waals surface area contributed by atoms with Crippen molar-refractivity contribution in [2.24, 2.45) is 10.4 Å². The number of guanidine groups is 1. The Morgan fingerprint density at radius 3 is 2.22 bits per heavy atom. The van der Waals surface area contributed by atoms with Crippen molar-refractivity contribution in [3.8, 4) is 17.2 Å². The minimum absolute atomic E-state index is 0. The van der Waals surface area contributed by atoms with Crippen molar-refractivity contribution in [1.82, 2.24) is 10.6 Å². The zero-order valence-corrected chi connectivity index (χ0v) is 19.5. The first-order valence-electron chi connectivity index (χ1n) is 9.35. The molecule has 154 valence electrons. The highest BCUT2D eigenvalue weighted by molar-refractivity contribution is 14.0. The summed E-state index contributed by atoms with van der Waals surface area (Å²) in [5.41, 5.74) is 1.40. The minimum Gasteiger partial charge on any atom is -0.493 e. The molecule has 0 radical (unpaired) electrons. The molecule has 0 saturated heterocycles. The van der Waals surface area contributed by atoms with E-state index in [0.717, 1.165) is 18.1 Å². The van der Waals surface area contributed by atoms with Crippen molar-refractivity contribution < 1.29 is 14.2 Å². The number of ether oxygens (including phenoxy) is 3. The van der Waals surface area contributed by atoms with Crippen molar-refractivity contribution in [3.63, 3.8) is 0 Å². The molecule has 2 rings (SSSR count). The molecular formula is C20H34IN3O3. The van der Waals surface area contributed by atoms with Gasteiger partial charge in [0.2, 0.25) is 5.75 Å². The van der Waals surface area contributed by atoms with E-state index in [2.05, 4.69) is 22.5 Å². The van der Waals surface area contributed by atoms with E-state index >= 15 is 0 Å². The summed E-state index contributed by atoms with van der Waals surface area (Å²) in [6, 6.07) is 3.87. The highest BCUT2D eigenvalue weighted by Crippen LogP contribution is 2.40. The normalized spacial score (nSPS) is 15.7. The third-order valence-electron chi connectivity index (χ3n) is 5.50. The van der Waals surface area contributed by atoms with Gasteiger partial charge in [-0.05, 0) is 36.8 Å². The van der Waals surface area contributed by atoms with Crippen LogP contribution in [0.1, 0.15) is 44.6 Å². The largest absolute Gasteiger partial charge is 0.493 e. The molecule has 1 saturated carbocycles. The molecule has 0 spiro atoms. The Labute approximate surface area is 180 Å². The lowest BCUT2D eigenvalue weighted by molar-refractivity contribution is 0.283. The summed E-state index contributed by atoms with van der Waals surface area (Å²) in [7, 11) is 6.67. The van der Waals surface area contributed by atoms with Crippen LogP contribution in [-0.4, -0.2) is 40.9 Å². The van der Waals surface area contributed by atoms with E-state index in [4.69, 9.17) is 14.2 Å². The summed E-state index contributed by atoms with van der Waals surface area (Å²) in [6.45, 7) is 3.84. The van der Waals surface area contributed by atoms with Crippen LogP contribution in [0.25, 0.3) is 0 Å². The van der Waals surface area contributed by atoms with Crippen molar-refractivity contribution in [3.05, 3.63) is 17.7 Å². The predicted octanol–water partition coefficient (Wildman–Crippen LogP) is 3.97. The summed E-state index contributed by atoms with van der Waals surface area (Å²) in [4.78, 5) is 4.36. The van der Waals surface area contributed by atoms with Crippen LogP contribution >= 0.6 is 24.0 Å². The van der Waals surface area contributed by atoms with Crippen LogP contribution in [0.15, 0.2) is 17.1 Å². The third kappa shape index (κ3) is 5.80. The lowest BCUT2D eigenvalue weighted by Gasteiger charge is -2.28. The average Bonchev–Trinajstić information content (AvgIpc) is 3.16. The van der Waals surface area contributed by atoms with E-state index in [-0.39, 0.29) is 24.0 Å². The van der Waals surface area contributed by atoms with Crippen LogP contribution in [0.2, 0.25) is 0 Å². The number of hydrogen-bond donors (Lipinski definition) is 2. The molecule has 27 heavy (non-hydrogen) atoms. The Kier molecular flexibility index (Phi) is 10.0. The number of aliphatic imine (C=N–C) groups is 1. The number of nitrogens with zero attached hydrogens (tertiary/aromatic N) is 1. The fourth-order valence-corrected chi connectivity index (χ4v) is 3.75. The van der Waals surface area contributed by atoms with Gasteiger partial charge >= 0.3 is 0 Å². The first-order valence-corrected chi connectivity index (χ1v) is 9.35. The van der Waals surface area contributed by atoms with E-state index in [1.807, 2.05) is 12.1 Å². The van der Waals surface area contributed by atoms with Crippen LogP contribution in [0.3, 0.4) is 0 Å². The molecule has 0 aromatic heterocycles. The molecule has 1 aliphatic rings. The number of rotatable bonds is 8. The maximum atomic E-state index is 5.55. The van der Waals surface area contributed by atoms with E-state index < -0.39 is 0 Å². The Bertz CT molecular complexity index is 617. The number of benzene rings is 1. The van der Waals surface area contributed by atoms with Crippen LogP contribution in [0.4, 0.5) is 0 Å².